The molecule has 0 amide bonds. The second kappa shape index (κ2) is 8.06. The van der Waals surface area contributed by atoms with Gasteiger partial charge in [0.15, 0.2) is 5.82 Å². The summed E-state index contributed by atoms with van der Waals surface area (Å²) in [5.41, 5.74) is 6.29. The Bertz CT molecular complexity index is 513. The van der Waals surface area contributed by atoms with Gasteiger partial charge in [-0.15, -0.1) is 0 Å². The smallest absolute Gasteiger partial charge is 0.234 e. The fraction of sp³-hybridized carbons (Fsp3) is 0.333. The lowest BCUT2D eigenvalue weighted by Gasteiger charge is -2.09. The predicted molar refractivity (Wildman–Crippen MR) is 82.1 cm³/mol. The van der Waals surface area contributed by atoms with Crippen molar-refractivity contribution in [1.29, 1.82) is 0 Å². The second-order valence-electron chi connectivity index (χ2n) is 4.38. The maximum absolute atomic E-state index is 5.48. The molecule has 1 aromatic carbocycles. The highest BCUT2D eigenvalue weighted by molar-refractivity contribution is 5.57. The standard InChI is InChI=1S/C15H20N4O2/c1-2-7-21-15-11-17-10-14(19-15)18-12-4-3-5-13(9-12)20-8-6-16/h3-5,9-11H,2,6-8,16H2,1H3,(H,18,19). The third kappa shape index (κ3) is 4.92. The molecule has 112 valence electrons. The van der Waals surface area contributed by atoms with Crippen LogP contribution in [0.15, 0.2) is 36.7 Å². The lowest BCUT2D eigenvalue weighted by atomic mass is 10.3. The van der Waals surface area contributed by atoms with E-state index in [-0.39, 0.29) is 0 Å². The Morgan fingerprint density at radius 2 is 2.10 bits per heavy atom. The van der Waals surface area contributed by atoms with E-state index in [0.29, 0.717) is 31.5 Å². The van der Waals surface area contributed by atoms with Crippen molar-refractivity contribution in [1.82, 2.24) is 9.97 Å². The monoisotopic (exact) mass is 288 g/mol. The first-order valence-corrected chi connectivity index (χ1v) is 6.96. The summed E-state index contributed by atoms with van der Waals surface area (Å²) in [4.78, 5) is 8.45. The zero-order valence-electron chi connectivity index (χ0n) is 12.1. The topological polar surface area (TPSA) is 82.3 Å². The van der Waals surface area contributed by atoms with Crippen molar-refractivity contribution in [3.05, 3.63) is 36.7 Å². The highest BCUT2D eigenvalue weighted by Gasteiger charge is 2.02. The van der Waals surface area contributed by atoms with Gasteiger partial charge < -0.3 is 20.5 Å². The van der Waals surface area contributed by atoms with E-state index in [9.17, 15) is 0 Å². The number of benzene rings is 1. The van der Waals surface area contributed by atoms with Crippen LogP contribution >= 0.6 is 0 Å². The van der Waals surface area contributed by atoms with Gasteiger partial charge in [-0.1, -0.05) is 13.0 Å². The summed E-state index contributed by atoms with van der Waals surface area (Å²) in [6.07, 6.45) is 4.17. The molecule has 0 fully saturated rings. The first kappa shape index (κ1) is 15.1. The van der Waals surface area contributed by atoms with E-state index in [1.165, 1.54) is 0 Å². The summed E-state index contributed by atoms with van der Waals surface area (Å²) >= 11 is 0. The van der Waals surface area contributed by atoms with Crippen LogP contribution in [0.4, 0.5) is 11.5 Å². The SMILES string of the molecule is CCCOc1cncc(Nc2cccc(OCCN)c2)n1. The van der Waals surface area contributed by atoms with E-state index in [4.69, 9.17) is 15.2 Å². The fourth-order valence-electron chi connectivity index (χ4n) is 1.67. The molecule has 0 radical (unpaired) electrons. The average molecular weight is 288 g/mol. The Morgan fingerprint density at radius 1 is 1.19 bits per heavy atom. The lowest BCUT2D eigenvalue weighted by molar-refractivity contribution is 0.304. The molecule has 1 aromatic heterocycles. The molecule has 2 aromatic rings. The summed E-state index contributed by atoms with van der Waals surface area (Å²) in [5, 5.41) is 3.17. The quantitative estimate of drug-likeness (QED) is 0.776. The number of ether oxygens (including phenoxy) is 2. The Kier molecular flexibility index (Phi) is 5.78. The first-order valence-electron chi connectivity index (χ1n) is 6.96. The van der Waals surface area contributed by atoms with Gasteiger partial charge in [-0.2, -0.15) is 4.98 Å². The lowest BCUT2D eigenvalue weighted by Crippen LogP contribution is -2.10. The summed E-state index contributed by atoms with van der Waals surface area (Å²) in [6.45, 7) is 3.65. The van der Waals surface area contributed by atoms with E-state index in [1.807, 2.05) is 31.2 Å². The number of anilines is 2. The van der Waals surface area contributed by atoms with Crippen LogP contribution in [0, 0.1) is 0 Å². The molecule has 0 spiro atoms. The molecular weight excluding hydrogens is 268 g/mol. The van der Waals surface area contributed by atoms with Crippen LogP contribution in [0.1, 0.15) is 13.3 Å². The van der Waals surface area contributed by atoms with Crippen molar-refractivity contribution < 1.29 is 9.47 Å². The number of rotatable bonds is 8. The number of nitrogens with zero attached hydrogens (tertiary/aromatic N) is 2. The Balaban J connectivity index is 2.03. The van der Waals surface area contributed by atoms with Crippen LogP contribution in [-0.2, 0) is 0 Å². The number of aromatic nitrogens is 2. The highest BCUT2D eigenvalue weighted by Crippen LogP contribution is 2.21. The van der Waals surface area contributed by atoms with E-state index in [1.54, 1.807) is 12.4 Å². The minimum atomic E-state index is 0.486. The van der Waals surface area contributed by atoms with Crippen molar-refractivity contribution in [2.24, 2.45) is 5.73 Å². The molecule has 0 aliphatic carbocycles. The molecular formula is C15H20N4O2. The first-order chi connectivity index (χ1) is 10.3. The van der Waals surface area contributed by atoms with Gasteiger partial charge >= 0.3 is 0 Å². The van der Waals surface area contributed by atoms with Gasteiger partial charge in [0.05, 0.1) is 19.0 Å². The summed E-state index contributed by atoms with van der Waals surface area (Å²) in [5.74, 6) is 1.90. The third-order valence-electron chi connectivity index (χ3n) is 2.56. The zero-order valence-corrected chi connectivity index (χ0v) is 12.1. The minimum Gasteiger partial charge on any atom is -0.492 e. The maximum atomic E-state index is 5.48. The largest absolute Gasteiger partial charge is 0.492 e. The van der Waals surface area contributed by atoms with Crippen LogP contribution in [0.2, 0.25) is 0 Å². The van der Waals surface area contributed by atoms with Crippen molar-refractivity contribution in [2.75, 3.05) is 25.1 Å². The summed E-state index contributed by atoms with van der Waals surface area (Å²) < 4.78 is 10.9. The van der Waals surface area contributed by atoms with Crippen LogP contribution in [0.25, 0.3) is 0 Å². The molecule has 3 N–H and O–H groups in total. The maximum Gasteiger partial charge on any atom is 0.234 e. The molecule has 2 rings (SSSR count). The molecule has 6 heteroatoms. The predicted octanol–water partition coefficient (Wildman–Crippen LogP) is 2.35. The molecule has 0 aliphatic rings. The summed E-state index contributed by atoms with van der Waals surface area (Å²) in [7, 11) is 0. The van der Waals surface area contributed by atoms with Crippen LogP contribution in [0.3, 0.4) is 0 Å². The fourth-order valence-corrected chi connectivity index (χ4v) is 1.67. The number of nitrogens with one attached hydrogen (secondary N) is 1. The Hall–Kier alpha value is -2.34. The number of nitrogens with two attached hydrogens (primary N) is 1. The Morgan fingerprint density at radius 3 is 2.90 bits per heavy atom. The minimum absolute atomic E-state index is 0.486. The highest BCUT2D eigenvalue weighted by atomic mass is 16.5. The van der Waals surface area contributed by atoms with Crippen LogP contribution in [0.5, 0.6) is 11.6 Å². The second-order valence-corrected chi connectivity index (χ2v) is 4.38. The zero-order chi connectivity index (χ0) is 14.9. The normalized spacial score (nSPS) is 10.2. The molecule has 0 saturated carbocycles. The van der Waals surface area contributed by atoms with Gasteiger partial charge in [-0.25, -0.2) is 0 Å². The molecule has 1 heterocycles. The van der Waals surface area contributed by atoms with E-state index in [0.717, 1.165) is 17.9 Å². The van der Waals surface area contributed by atoms with Crippen LogP contribution in [-0.4, -0.2) is 29.7 Å². The van der Waals surface area contributed by atoms with Crippen LogP contribution < -0.4 is 20.5 Å². The summed E-state index contributed by atoms with van der Waals surface area (Å²) in [6, 6.07) is 7.60. The van der Waals surface area contributed by atoms with E-state index >= 15 is 0 Å². The van der Waals surface area contributed by atoms with Gasteiger partial charge in [0.25, 0.3) is 0 Å². The van der Waals surface area contributed by atoms with Gasteiger partial charge in [0.1, 0.15) is 12.4 Å². The molecule has 0 saturated heterocycles. The van der Waals surface area contributed by atoms with Crippen molar-refractivity contribution in [3.8, 4) is 11.6 Å². The number of hydrogen-bond acceptors (Lipinski definition) is 6. The molecule has 0 bridgehead atoms. The number of hydrogen-bond donors (Lipinski definition) is 2. The molecule has 0 aliphatic heterocycles. The van der Waals surface area contributed by atoms with Crippen molar-refractivity contribution >= 4 is 11.5 Å². The van der Waals surface area contributed by atoms with E-state index < -0.39 is 0 Å². The van der Waals surface area contributed by atoms with Gasteiger partial charge in [0, 0.05) is 18.3 Å². The molecule has 21 heavy (non-hydrogen) atoms. The molecule has 0 unspecified atom stereocenters. The Labute approximate surface area is 124 Å². The average Bonchev–Trinajstić information content (AvgIpc) is 2.52. The molecule has 0 atom stereocenters. The van der Waals surface area contributed by atoms with Crippen molar-refractivity contribution in [3.63, 3.8) is 0 Å². The molecule has 6 nitrogen and oxygen atoms in total. The van der Waals surface area contributed by atoms with Gasteiger partial charge in [-0.3, -0.25) is 4.98 Å². The van der Waals surface area contributed by atoms with E-state index in [2.05, 4.69) is 15.3 Å². The van der Waals surface area contributed by atoms with Gasteiger partial charge in [-0.05, 0) is 18.6 Å². The van der Waals surface area contributed by atoms with Gasteiger partial charge in [0.2, 0.25) is 5.88 Å². The third-order valence-corrected chi connectivity index (χ3v) is 2.56. The van der Waals surface area contributed by atoms with Crippen molar-refractivity contribution in [2.45, 2.75) is 13.3 Å².